The minimum atomic E-state index is -0.711. The van der Waals surface area contributed by atoms with Crippen molar-refractivity contribution in [2.24, 2.45) is 11.3 Å². The van der Waals surface area contributed by atoms with Gasteiger partial charge in [-0.2, -0.15) is 0 Å². The maximum atomic E-state index is 11.4. The Labute approximate surface area is 104 Å². The van der Waals surface area contributed by atoms with Crippen LogP contribution in [-0.4, -0.2) is 48.8 Å². The Hall–Kier alpha value is -0.610. The van der Waals surface area contributed by atoms with Gasteiger partial charge in [-0.25, -0.2) is 0 Å². The van der Waals surface area contributed by atoms with E-state index in [4.69, 9.17) is 4.74 Å². The summed E-state index contributed by atoms with van der Waals surface area (Å²) in [6, 6.07) is 0. The van der Waals surface area contributed by atoms with E-state index < -0.39 is 11.4 Å². The summed E-state index contributed by atoms with van der Waals surface area (Å²) in [6.45, 7) is 9.90. The Balaban J connectivity index is 2.61. The van der Waals surface area contributed by atoms with Crippen molar-refractivity contribution in [3.05, 3.63) is 0 Å². The van der Waals surface area contributed by atoms with E-state index in [1.165, 1.54) is 0 Å². The summed E-state index contributed by atoms with van der Waals surface area (Å²) in [7, 11) is 0. The Morgan fingerprint density at radius 1 is 1.53 bits per heavy atom. The normalized spacial score (nSPS) is 26.4. The molecule has 0 amide bonds. The summed E-state index contributed by atoms with van der Waals surface area (Å²) in [5, 5.41) is 9.39. The van der Waals surface area contributed by atoms with Gasteiger partial charge in [-0.1, -0.05) is 27.2 Å². The van der Waals surface area contributed by atoms with Gasteiger partial charge in [-0.15, -0.1) is 0 Å². The summed E-state index contributed by atoms with van der Waals surface area (Å²) >= 11 is 0. The molecule has 0 aliphatic carbocycles. The maximum absolute atomic E-state index is 11.4. The molecule has 4 heteroatoms. The highest BCUT2D eigenvalue weighted by molar-refractivity contribution is 5.75. The first-order chi connectivity index (χ1) is 8.04. The summed E-state index contributed by atoms with van der Waals surface area (Å²) < 4.78 is 5.29. The number of carboxylic acids is 1. The molecule has 1 fully saturated rings. The van der Waals surface area contributed by atoms with E-state index in [9.17, 15) is 9.90 Å². The molecule has 1 heterocycles. The molecule has 17 heavy (non-hydrogen) atoms. The van der Waals surface area contributed by atoms with Gasteiger partial charge in [-0.05, 0) is 18.9 Å². The summed E-state index contributed by atoms with van der Waals surface area (Å²) in [4.78, 5) is 13.7. The van der Waals surface area contributed by atoms with Crippen molar-refractivity contribution < 1.29 is 14.6 Å². The number of hydrogen-bond donors (Lipinski definition) is 1. The Morgan fingerprint density at radius 2 is 2.24 bits per heavy atom. The monoisotopic (exact) mass is 243 g/mol. The molecule has 0 aromatic carbocycles. The molecule has 0 aromatic rings. The van der Waals surface area contributed by atoms with E-state index in [1.54, 1.807) is 0 Å². The van der Waals surface area contributed by atoms with Gasteiger partial charge in [0.25, 0.3) is 0 Å². The van der Waals surface area contributed by atoms with Crippen molar-refractivity contribution in [1.29, 1.82) is 0 Å². The fourth-order valence-electron chi connectivity index (χ4n) is 2.27. The van der Waals surface area contributed by atoms with Crippen molar-refractivity contribution in [3.63, 3.8) is 0 Å². The molecule has 1 aliphatic heterocycles. The fourth-order valence-corrected chi connectivity index (χ4v) is 2.27. The lowest BCUT2D eigenvalue weighted by Gasteiger charge is -2.31. The van der Waals surface area contributed by atoms with Gasteiger partial charge in [0, 0.05) is 19.7 Å². The average molecular weight is 243 g/mol. The quantitative estimate of drug-likeness (QED) is 0.741. The van der Waals surface area contributed by atoms with Crippen LogP contribution in [0.3, 0.4) is 0 Å². The second-order valence-electron chi connectivity index (χ2n) is 5.23. The van der Waals surface area contributed by atoms with Crippen molar-refractivity contribution in [2.75, 3.05) is 32.8 Å². The average Bonchev–Trinajstić information content (AvgIpc) is 2.77. The predicted molar refractivity (Wildman–Crippen MR) is 67.1 cm³/mol. The van der Waals surface area contributed by atoms with Crippen LogP contribution in [0.2, 0.25) is 0 Å². The van der Waals surface area contributed by atoms with Crippen LogP contribution >= 0.6 is 0 Å². The molecule has 100 valence electrons. The molecule has 0 aromatic heterocycles. The molecule has 0 bridgehead atoms. The topological polar surface area (TPSA) is 49.8 Å². The highest BCUT2D eigenvalue weighted by Crippen LogP contribution is 2.30. The molecule has 4 nitrogen and oxygen atoms in total. The zero-order chi connectivity index (χ0) is 12.9. The van der Waals surface area contributed by atoms with Crippen LogP contribution in [0.1, 0.15) is 33.6 Å². The van der Waals surface area contributed by atoms with Crippen LogP contribution in [-0.2, 0) is 9.53 Å². The highest BCUT2D eigenvalue weighted by atomic mass is 16.5. The molecular formula is C13H25NO3. The lowest BCUT2D eigenvalue weighted by molar-refractivity contribution is -0.150. The van der Waals surface area contributed by atoms with Gasteiger partial charge in [0.15, 0.2) is 0 Å². The van der Waals surface area contributed by atoms with Crippen LogP contribution in [0.25, 0.3) is 0 Å². The van der Waals surface area contributed by atoms with E-state index in [0.29, 0.717) is 32.1 Å². The predicted octanol–water partition coefficient (Wildman–Crippen LogP) is 1.85. The number of rotatable bonds is 7. The molecule has 1 N–H and O–H groups in total. The summed E-state index contributed by atoms with van der Waals surface area (Å²) in [5.41, 5.74) is -0.677. The summed E-state index contributed by atoms with van der Waals surface area (Å²) in [5.74, 6) is -0.0966. The second kappa shape index (κ2) is 6.36. The minimum Gasteiger partial charge on any atom is -0.481 e. The number of carboxylic acid groups (broad SMARTS) is 1. The molecule has 1 saturated heterocycles. The Bertz CT molecular complexity index is 249. The third-order valence-electron chi connectivity index (χ3n) is 3.80. The molecule has 2 atom stereocenters. The van der Waals surface area contributed by atoms with Gasteiger partial charge < -0.3 is 14.7 Å². The van der Waals surface area contributed by atoms with E-state index in [2.05, 4.69) is 25.7 Å². The lowest BCUT2D eigenvalue weighted by atomic mass is 9.86. The fraction of sp³-hybridized carbons (Fsp3) is 0.923. The van der Waals surface area contributed by atoms with Crippen molar-refractivity contribution in [3.8, 4) is 0 Å². The first-order valence-electron chi connectivity index (χ1n) is 6.57. The molecule has 0 radical (unpaired) electrons. The minimum absolute atomic E-state index is 0.360. The van der Waals surface area contributed by atoms with Crippen molar-refractivity contribution in [2.45, 2.75) is 33.6 Å². The Morgan fingerprint density at radius 3 is 2.65 bits per heavy atom. The standard InChI is InChI=1S/C13H25NO3/c1-4-11(3)8-14(5-2)9-13(12(15)16)6-7-17-10-13/h11H,4-10H2,1-3H3,(H,15,16). The highest BCUT2D eigenvalue weighted by Gasteiger charge is 2.43. The number of carbonyl (C=O) groups is 1. The third kappa shape index (κ3) is 3.68. The zero-order valence-electron chi connectivity index (χ0n) is 11.2. The van der Waals surface area contributed by atoms with Gasteiger partial charge in [0.05, 0.1) is 6.61 Å². The van der Waals surface area contributed by atoms with E-state index in [-0.39, 0.29) is 0 Å². The number of ether oxygens (including phenoxy) is 1. The first kappa shape index (κ1) is 14.5. The van der Waals surface area contributed by atoms with Crippen molar-refractivity contribution >= 4 is 5.97 Å². The van der Waals surface area contributed by atoms with E-state index in [0.717, 1.165) is 19.5 Å². The Kier molecular flexibility index (Phi) is 5.40. The molecule has 1 rings (SSSR count). The number of aliphatic carboxylic acids is 1. The van der Waals surface area contributed by atoms with Crippen LogP contribution in [0.15, 0.2) is 0 Å². The molecule has 0 spiro atoms. The van der Waals surface area contributed by atoms with Crippen LogP contribution in [0.4, 0.5) is 0 Å². The molecule has 0 saturated carbocycles. The molecule has 1 aliphatic rings. The number of nitrogens with zero attached hydrogens (tertiary/aromatic N) is 1. The van der Waals surface area contributed by atoms with Gasteiger partial charge >= 0.3 is 5.97 Å². The zero-order valence-corrected chi connectivity index (χ0v) is 11.2. The van der Waals surface area contributed by atoms with E-state index >= 15 is 0 Å². The number of hydrogen-bond acceptors (Lipinski definition) is 3. The van der Waals surface area contributed by atoms with Gasteiger partial charge in [0.2, 0.25) is 0 Å². The smallest absolute Gasteiger partial charge is 0.313 e. The SMILES string of the molecule is CCC(C)CN(CC)CC1(C(=O)O)CCOC1. The molecular weight excluding hydrogens is 218 g/mol. The van der Waals surface area contributed by atoms with Crippen LogP contribution in [0, 0.1) is 11.3 Å². The lowest BCUT2D eigenvalue weighted by Crippen LogP contribution is -2.45. The molecule has 2 unspecified atom stereocenters. The third-order valence-corrected chi connectivity index (χ3v) is 3.80. The van der Waals surface area contributed by atoms with Gasteiger partial charge in [-0.3, -0.25) is 4.79 Å². The van der Waals surface area contributed by atoms with Gasteiger partial charge in [0.1, 0.15) is 5.41 Å². The van der Waals surface area contributed by atoms with E-state index in [1.807, 2.05) is 0 Å². The van der Waals surface area contributed by atoms with Crippen molar-refractivity contribution in [1.82, 2.24) is 4.90 Å². The first-order valence-corrected chi connectivity index (χ1v) is 6.57. The van der Waals surface area contributed by atoms with Crippen LogP contribution < -0.4 is 0 Å². The largest absolute Gasteiger partial charge is 0.481 e. The maximum Gasteiger partial charge on any atom is 0.313 e. The summed E-state index contributed by atoms with van der Waals surface area (Å²) in [6.07, 6.45) is 1.77. The second-order valence-corrected chi connectivity index (χ2v) is 5.23. The van der Waals surface area contributed by atoms with Crippen LogP contribution in [0.5, 0.6) is 0 Å².